The molecule has 1 heterocycles. The van der Waals surface area contributed by atoms with Crippen LogP contribution in [0.25, 0.3) is 0 Å². The SMILES string of the molecule is CCC(C)(C(Cc1cc(F)cc(F)c1)NC)N1CCCC1. The first-order valence-electron chi connectivity index (χ1n) is 7.87. The van der Waals surface area contributed by atoms with Crippen LogP contribution in [0, 0.1) is 11.6 Å². The minimum Gasteiger partial charge on any atom is -0.315 e. The Hall–Kier alpha value is -1.00. The van der Waals surface area contributed by atoms with Gasteiger partial charge in [-0.3, -0.25) is 4.90 Å². The summed E-state index contributed by atoms with van der Waals surface area (Å²) in [5.41, 5.74) is 0.722. The van der Waals surface area contributed by atoms with Gasteiger partial charge in [-0.15, -0.1) is 0 Å². The van der Waals surface area contributed by atoms with Gasteiger partial charge >= 0.3 is 0 Å². The second kappa shape index (κ2) is 6.84. The molecule has 1 saturated heterocycles. The van der Waals surface area contributed by atoms with E-state index in [0.717, 1.165) is 25.6 Å². The van der Waals surface area contributed by atoms with E-state index in [1.54, 1.807) is 0 Å². The van der Waals surface area contributed by atoms with Gasteiger partial charge in [0, 0.05) is 17.6 Å². The second-order valence-corrected chi connectivity index (χ2v) is 6.23. The molecule has 2 nitrogen and oxygen atoms in total. The largest absolute Gasteiger partial charge is 0.315 e. The smallest absolute Gasteiger partial charge is 0.126 e. The molecule has 1 fully saturated rings. The summed E-state index contributed by atoms with van der Waals surface area (Å²) in [6, 6.07) is 3.97. The molecule has 0 radical (unpaired) electrons. The number of likely N-dealkylation sites (tertiary alicyclic amines) is 1. The van der Waals surface area contributed by atoms with Gasteiger partial charge in [0.25, 0.3) is 0 Å². The number of likely N-dealkylation sites (N-methyl/N-ethyl adjacent to an activating group) is 1. The van der Waals surface area contributed by atoms with Crippen molar-refractivity contribution in [3.8, 4) is 0 Å². The molecule has 1 aromatic carbocycles. The molecule has 21 heavy (non-hydrogen) atoms. The zero-order valence-electron chi connectivity index (χ0n) is 13.3. The van der Waals surface area contributed by atoms with Crippen molar-refractivity contribution in [1.29, 1.82) is 0 Å². The normalized spacial score (nSPS) is 20.4. The van der Waals surface area contributed by atoms with Crippen LogP contribution in [0.5, 0.6) is 0 Å². The lowest BCUT2D eigenvalue weighted by molar-refractivity contribution is 0.0872. The van der Waals surface area contributed by atoms with E-state index in [9.17, 15) is 8.78 Å². The van der Waals surface area contributed by atoms with Crippen LogP contribution < -0.4 is 5.32 Å². The highest BCUT2D eigenvalue weighted by atomic mass is 19.1. The average Bonchev–Trinajstić information content (AvgIpc) is 2.97. The molecule has 0 spiro atoms. The van der Waals surface area contributed by atoms with Gasteiger partial charge in [-0.2, -0.15) is 0 Å². The quantitative estimate of drug-likeness (QED) is 0.866. The molecule has 1 aliphatic rings. The molecule has 0 amide bonds. The van der Waals surface area contributed by atoms with Crippen molar-refractivity contribution in [2.75, 3.05) is 20.1 Å². The Bertz CT molecular complexity index is 452. The van der Waals surface area contributed by atoms with Gasteiger partial charge in [-0.25, -0.2) is 8.78 Å². The fraction of sp³-hybridized carbons (Fsp3) is 0.647. The van der Waals surface area contributed by atoms with E-state index in [1.807, 2.05) is 7.05 Å². The van der Waals surface area contributed by atoms with Crippen molar-refractivity contribution in [2.45, 2.75) is 51.1 Å². The Morgan fingerprint density at radius 1 is 1.19 bits per heavy atom. The molecule has 1 N–H and O–H groups in total. The Labute approximate surface area is 126 Å². The van der Waals surface area contributed by atoms with Gasteiger partial charge in [0.1, 0.15) is 11.6 Å². The summed E-state index contributed by atoms with van der Waals surface area (Å²) in [6.07, 6.45) is 4.11. The van der Waals surface area contributed by atoms with Crippen LogP contribution in [0.4, 0.5) is 8.78 Å². The first-order chi connectivity index (χ1) is 9.99. The van der Waals surface area contributed by atoms with E-state index in [0.29, 0.717) is 12.0 Å². The van der Waals surface area contributed by atoms with Crippen LogP contribution in [0.2, 0.25) is 0 Å². The number of nitrogens with zero attached hydrogens (tertiary/aromatic N) is 1. The highest BCUT2D eigenvalue weighted by Crippen LogP contribution is 2.29. The topological polar surface area (TPSA) is 15.3 Å². The molecule has 0 aromatic heterocycles. The van der Waals surface area contributed by atoms with Crippen molar-refractivity contribution in [3.63, 3.8) is 0 Å². The van der Waals surface area contributed by atoms with E-state index in [4.69, 9.17) is 0 Å². The standard InChI is InChI=1S/C17H26F2N2/c1-4-17(2,21-7-5-6-8-21)16(20-3)11-13-9-14(18)12-15(19)10-13/h9-10,12,16,20H,4-8,11H2,1-3H3. The fourth-order valence-corrected chi connectivity index (χ4v) is 3.52. The Morgan fingerprint density at radius 2 is 1.76 bits per heavy atom. The lowest BCUT2D eigenvalue weighted by Crippen LogP contribution is -2.58. The minimum absolute atomic E-state index is 0.00798. The lowest BCUT2D eigenvalue weighted by Gasteiger charge is -2.44. The summed E-state index contributed by atoms with van der Waals surface area (Å²) in [6.45, 7) is 6.67. The van der Waals surface area contributed by atoms with Gasteiger partial charge in [-0.05, 0) is 70.4 Å². The summed E-state index contributed by atoms with van der Waals surface area (Å²) >= 11 is 0. The van der Waals surface area contributed by atoms with Crippen LogP contribution in [0.15, 0.2) is 18.2 Å². The summed E-state index contributed by atoms with van der Waals surface area (Å²) in [5, 5.41) is 3.37. The zero-order chi connectivity index (χ0) is 15.5. The van der Waals surface area contributed by atoms with Crippen LogP contribution in [0.3, 0.4) is 0 Å². The first-order valence-corrected chi connectivity index (χ1v) is 7.87. The predicted octanol–water partition coefficient (Wildman–Crippen LogP) is 3.36. The van der Waals surface area contributed by atoms with Crippen molar-refractivity contribution in [1.82, 2.24) is 10.2 Å². The molecule has 2 unspecified atom stereocenters. The minimum atomic E-state index is -0.501. The number of halogens is 2. The number of benzene rings is 1. The van der Waals surface area contributed by atoms with E-state index >= 15 is 0 Å². The second-order valence-electron chi connectivity index (χ2n) is 6.23. The maximum absolute atomic E-state index is 13.4. The molecule has 118 valence electrons. The highest BCUT2D eigenvalue weighted by molar-refractivity contribution is 5.20. The number of rotatable bonds is 6. The Kier molecular flexibility index (Phi) is 5.33. The third-order valence-corrected chi connectivity index (χ3v) is 5.01. The molecular formula is C17H26F2N2. The summed E-state index contributed by atoms with van der Waals surface area (Å²) in [5.74, 6) is -1.00. The molecule has 0 bridgehead atoms. The zero-order valence-corrected chi connectivity index (χ0v) is 13.3. The summed E-state index contributed by atoms with van der Waals surface area (Å²) < 4.78 is 26.8. The maximum atomic E-state index is 13.4. The number of hydrogen-bond donors (Lipinski definition) is 1. The molecule has 0 aliphatic carbocycles. The number of hydrogen-bond acceptors (Lipinski definition) is 2. The van der Waals surface area contributed by atoms with Crippen molar-refractivity contribution in [2.24, 2.45) is 0 Å². The number of nitrogens with one attached hydrogen (secondary N) is 1. The van der Waals surface area contributed by atoms with Crippen LogP contribution in [-0.4, -0.2) is 36.6 Å². The van der Waals surface area contributed by atoms with Gasteiger partial charge in [0.15, 0.2) is 0 Å². The molecule has 2 atom stereocenters. The van der Waals surface area contributed by atoms with Gasteiger partial charge in [0.2, 0.25) is 0 Å². The molecule has 1 aromatic rings. The third-order valence-electron chi connectivity index (χ3n) is 5.01. The molecule has 4 heteroatoms. The third kappa shape index (κ3) is 3.61. The van der Waals surface area contributed by atoms with Crippen LogP contribution >= 0.6 is 0 Å². The van der Waals surface area contributed by atoms with E-state index in [1.165, 1.54) is 25.0 Å². The van der Waals surface area contributed by atoms with Gasteiger partial charge in [0.05, 0.1) is 0 Å². The monoisotopic (exact) mass is 296 g/mol. The van der Waals surface area contributed by atoms with E-state index < -0.39 is 11.6 Å². The summed E-state index contributed by atoms with van der Waals surface area (Å²) in [4.78, 5) is 2.52. The predicted molar refractivity (Wildman–Crippen MR) is 82.4 cm³/mol. The lowest BCUT2D eigenvalue weighted by atomic mass is 9.83. The van der Waals surface area contributed by atoms with E-state index in [-0.39, 0.29) is 11.6 Å². The average molecular weight is 296 g/mol. The first kappa shape index (κ1) is 16.4. The van der Waals surface area contributed by atoms with Crippen LogP contribution in [-0.2, 0) is 6.42 Å². The fourth-order valence-electron chi connectivity index (χ4n) is 3.52. The molecule has 1 aliphatic heterocycles. The highest BCUT2D eigenvalue weighted by Gasteiger charge is 2.38. The van der Waals surface area contributed by atoms with Crippen molar-refractivity contribution < 1.29 is 8.78 Å². The van der Waals surface area contributed by atoms with Gasteiger partial charge in [-0.1, -0.05) is 6.92 Å². The van der Waals surface area contributed by atoms with Crippen LogP contribution in [0.1, 0.15) is 38.7 Å². The Balaban J connectivity index is 2.20. The van der Waals surface area contributed by atoms with E-state index in [2.05, 4.69) is 24.1 Å². The maximum Gasteiger partial charge on any atom is 0.126 e. The molecule has 2 rings (SSSR count). The molecule has 0 saturated carbocycles. The van der Waals surface area contributed by atoms with Crippen molar-refractivity contribution >= 4 is 0 Å². The Morgan fingerprint density at radius 3 is 2.24 bits per heavy atom. The summed E-state index contributed by atoms with van der Waals surface area (Å²) in [7, 11) is 1.93. The van der Waals surface area contributed by atoms with Gasteiger partial charge < -0.3 is 5.32 Å². The molecular weight excluding hydrogens is 270 g/mol. The van der Waals surface area contributed by atoms with Crippen molar-refractivity contribution in [3.05, 3.63) is 35.4 Å².